The Bertz CT molecular complexity index is 1660. The van der Waals surface area contributed by atoms with Gasteiger partial charge >= 0.3 is 5.97 Å². The zero-order valence-electron chi connectivity index (χ0n) is 19.5. The van der Waals surface area contributed by atoms with E-state index in [2.05, 4.69) is 14.6 Å². The van der Waals surface area contributed by atoms with Gasteiger partial charge in [0.25, 0.3) is 10.0 Å². The molecular formula is C25H19Cl2N3O6S. The van der Waals surface area contributed by atoms with Crippen LogP contribution in [0.25, 0.3) is 15.7 Å². The standard InChI is InChI=1S/C25H19Cl2N3O6S/c1-28-23-13-16-18(29-23)6-8-20(25(16)30-37(32,33)22-9-5-15(26)12-17(22)27)36-19-7-4-14(10-21(19)34-2)11-24(31)35-3/h4-10,12-13,29-30H,11H2,2-3H3. The number of aromatic nitrogens is 1. The lowest BCUT2D eigenvalue weighted by Gasteiger charge is -2.17. The van der Waals surface area contributed by atoms with Crippen LogP contribution < -0.4 is 14.2 Å². The lowest BCUT2D eigenvalue weighted by Crippen LogP contribution is -2.14. The SMILES string of the molecule is [C-]#[N+]c1cc2c(NS(=O)(=O)c3ccc(Cl)cc3Cl)c(Oc3ccc(CC(=O)OC)cc3OC)ccc2[nH]1. The van der Waals surface area contributed by atoms with Gasteiger partial charge in [-0.25, -0.2) is 8.42 Å². The summed E-state index contributed by atoms with van der Waals surface area (Å²) >= 11 is 12.1. The quantitative estimate of drug-likeness (QED) is 0.192. The number of nitrogens with zero attached hydrogens (tertiary/aromatic N) is 1. The molecule has 12 heteroatoms. The zero-order valence-corrected chi connectivity index (χ0v) is 21.8. The fourth-order valence-corrected chi connectivity index (χ4v) is 5.43. The maximum absolute atomic E-state index is 13.3. The number of hydrogen-bond acceptors (Lipinski definition) is 6. The van der Waals surface area contributed by atoms with E-state index in [1.165, 1.54) is 38.5 Å². The van der Waals surface area contributed by atoms with Crippen molar-refractivity contribution in [2.24, 2.45) is 0 Å². The molecule has 0 saturated carbocycles. The second-order valence-corrected chi connectivity index (χ2v) is 10.2. The molecule has 0 aliphatic heterocycles. The third kappa shape index (κ3) is 5.59. The molecule has 0 atom stereocenters. The Morgan fingerprint density at radius 1 is 1.03 bits per heavy atom. The van der Waals surface area contributed by atoms with E-state index in [9.17, 15) is 13.2 Å². The van der Waals surface area contributed by atoms with E-state index in [0.29, 0.717) is 22.2 Å². The van der Waals surface area contributed by atoms with Gasteiger partial charge in [-0.15, -0.1) is 0 Å². The highest BCUT2D eigenvalue weighted by Crippen LogP contribution is 2.42. The van der Waals surface area contributed by atoms with Crippen molar-refractivity contribution in [1.82, 2.24) is 4.98 Å². The number of rotatable bonds is 8. The number of esters is 1. The van der Waals surface area contributed by atoms with Crippen LogP contribution in [0.4, 0.5) is 11.5 Å². The van der Waals surface area contributed by atoms with Crippen molar-refractivity contribution in [3.63, 3.8) is 0 Å². The number of H-pyrrole nitrogens is 1. The summed E-state index contributed by atoms with van der Waals surface area (Å²) in [5.41, 5.74) is 1.23. The summed E-state index contributed by atoms with van der Waals surface area (Å²) in [5.74, 6) is 0.507. The molecule has 0 amide bonds. The third-order valence-electron chi connectivity index (χ3n) is 5.32. The molecule has 9 nitrogen and oxygen atoms in total. The molecule has 0 radical (unpaired) electrons. The van der Waals surface area contributed by atoms with Crippen molar-refractivity contribution in [1.29, 1.82) is 0 Å². The van der Waals surface area contributed by atoms with Gasteiger partial charge < -0.3 is 24.0 Å². The summed E-state index contributed by atoms with van der Waals surface area (Å²) in [5, 5.41) is 0.622. The Kier molecular flexibility index (Phi) is 7.50. The fraction of sp³-hybridized carbons (Fsp3) is 0.120. The molecule has 0 bridgehead atoms. The Balaban J connectivity index is 1.80. The lowest BCUT2D eigenvalue weighted by molar-refractivity contribution is -0.139. The van der Waals surface area contributed by atoms with Gasteiger partial charge in [-0.1, -0.05) is 35.8 Å². The number of benzene rings is 3. The van der Waals surface area contributed by atoms with E-state index in [1.807, 2.05) is 0 Å². The summed E-state index contributed by atoms with van der Waals surface area (Å²) in [6.07, 6.45) is 0.0365. The average Bonchev–Trinajstić information content (AvgIpc) is 3.29. The molecule has 0 aliphatic rings. The molecule has 0 fully saturated rings. The summed E-state index contributed by atoms with van der Waals surface area (Å²) in [6, 6.07) is 13.6. The highest BCUT2D eigenvalue weighted by Gasteiger charge is 2.24. The molecule has 1 aromatic heterocycles. The molecule has 0 unspecified atom stereocenters. The number of anilines is 1. The van der Waals surface area contributed by atoms with Crippen molar-refractivity contribution >= 4 is 61.6 Å². The van der Waals surface area contributed by atoms with E-state index in [4.69, 9.17) is 44.0 Å². The summed E-state index contributed by atoms with van der Waals surface area (Å²) in [7, 11) is -1.46. The predicted octanol–water partition coefficient (Wildman–Crippen LogP) is 6.34. The van der Waals surface area contributed by atoms with Crippen LogP contribution in [0.1, 0.15) is 5.56 Å². The summed E-state index contributed by atoms with van der Waals surface area (Å²) in [6.45, 7) is 7.32. The Hall–Kier alpha value is -3.91. The minimum absolute atomic E-state index is 0.0365. The number of sulfonamides is 1. The number of halogens is 2. The number of hydrogen-bond donors (Lipinski definition) is 2. The van der Waals surface area contributed by atoms with Gasteiger partial charge in [-0.05, 0) is 54.1 Å². The van der Waals surface area contributed by atoms with Gasteiger partial charge in [0.1, 0.15) is 16.1 Å². The lowest BCUT2D eigenvalue weighted by atomic mass is 10.1. The van der Waals surface area contributed by atoms with E-state index in [0.717, 1.165) is 0 Å². The van der Waals surface area contributed by atoms with Crippen LogP contribution in [0.5, 0.6) is 17.2 Å². The van der Waals surface area contributed by atoms with Gasteiger partial charge in [0.15, 0.2) is 17.2 Å². The van der Waals surface area contributed by atoms with Crippen LogP contribution in [-0.4, -0.2) is 33.6 Å². The number of carbonyl (C=O) groups is 1. The molecule has 1 heterocycles. The number of carbonyl (C=O) groups excluding carboxylic acids is 1. The van der Waals surface area contributed by atoms with Crippen molar-refractivity contribution in [2.75, 3.05) is 18.9 Å². The van der Waals surface area contributed by atoms with Crippen molar-refractivity contribution in [3.05, 3.63) is 81.6 Å². The Morgan fingerprint density at radius 3 is 2.46 bits per heavy atom. The molecule has 4 aromatic rings. The minimum atomic E-state index is -4.20. The monoisotopic (exact) mass is 559 g/mol. The number of aromatic amines is 1. The van der Waals surface area contributed by atoms with Gasteiger partial charge in [-0.2, -0.15) is 0 Å². The highest BCUT2D eigenvalue weighted by atomic mass is 35.5. The summed E-state index contributed by atoms with van der Waals surface area (Å²) in [4.78, 5) is 17.8. The molecule has 2 N–H and O–H groups in total. The molecule has 190 valence electrons. The largest absolute Gasteiger partial charge is 0.493 e. The predicted molar refractivity (Wildman–Crippen MR) is 141 cm³/mol. The maximum atomic E-state index is 13.3. The van der Waals surface area contributed by atoms with Gasteiger partial charge in [0, 0.05) is 10.4 Å². The van der Waals surface area contributed by atoms with Crippen LogP contribution >= 0.6 is 23.2 Å². The average molecular weight is 560 g/mol. The number of fused-ring (bicyclic) bond motifs is 1. The number of ether oxygens (including phenoxy) is 3. The molecule has 4 rings (SSSR count). The molecular weight excluding hydrogens is 541 g/mol. The van der Waals surface area contributed by atoms with E-state index in [-0.39, 0.29) is 44.4 Å². The molecule has 37 heavy (non-hydrogen) atoms. The molecule has 0 saturated heterocycles. The van der Waals surface area contributed by atoms with Gasteiger partial charge in [-0.3, -0.25) is 9.52 Å². The minimum Gasteiger partial charge on any atom is -0.493 e. The highest BCUT2D eigenvalue weighted by molar-refractivity contribution is 7.92. The molecule has 0 spiro atoms. The first-order valence-electron chi connectivity index (χ1n) is 10.6. The smallest absolute Gasteiger partial charge is 0.309 e. The topological polar surface area (TPSA) is 111 Å². The first-order valence-corrected chi connectivity index (χ1v) is 12.8. The third-order valence-corrected chi connectivity index (χ3v) is 7.38. The molecule has 3 aromatic carbocycles. The summed E-state index contributed by atoms with van der Waals surface area (Å²) < 4.78 is 45.4. The first-order chi connectivity index (χ1) is 17.6. The van der Waals surface area contributed by atoms with E-state index < -0.39 is 16.0 Å². The Labute approximate surface area is 222 Å². The zero-order chi connectivity index (χ0) is 26.7. The van der Waals surface area contributed by atoms with Crippen molar-refractivity contribution in [3.8, 4) is 17.2 Å². The number of nitrogens with one attached hydrogen (secondary N) is 2. The van der Waals surface area contributed by atoms with Crippen molar-refractivity contribution < 1.29 is 27.4 Å². The van der Waals surface area contributed by atoms with E-state index in [1.54, 1.807) is 30.3 Å². The van der Waals surface area contributed by atoms with Gasteiger partial charge in [0.05, 0.1) is 25.7 Å². The fourth-order valence-electron chi connectivity index (χ4n) is 3.57. The van der Waals surface area contributed by atoms with Crippen LogP contribution in [0.3, 0.4) is 0 Å². The van der Waals surface area contributed by atoms with Crippen LogP contribution in [-0.2, 0) is 26.0 Å². The van der Waals surface area contributed by atoms with Crippen LogP contribution in [0.15, 0.2) is 59.5 Å². The van der Waals surface area contributed by atoms with Crippen molar-refractivity contribution in [2.45, 2.75) is 11.3 Å². The second-order valence-electron chi connectivity index (χ2n) is 7.69. The van der Waals surface area contributed by atoms with Crippen LogP contribution in [0, 0.1) is 6.57 Å². The number of methoxy groups -OCH3 is 2. The van der Waals surface area contributed by atoms with Crippen LogP contribution in [0.2, 0.25) is 10.0 Å². The Morgan fingerprint density at radius 2 is 1.78 bits per heavy atom. The van der Waals surface area contributed by atoms with Gasteiger partial charge in [0.2, 0.25) is 5.82 Å². The first kappa shape index (κ1) is 26.2. The maximum Gasteiger partial charge on any atom is 0.309 e. The second kappa shape index (κ2) is 10.6. The van der Waals surface area contributed by atoms with E-state index >= 15 is 0 Å². The molecule has 0 aliphatic carbocycles. The normalized spacial score (nSPS) is 11.1.